The molecule has 0 fully saturated rings. The predicted octanol–water partition coefficient (Wildman–Crippen LogP) is 2.92. The summed E-state index contributed by atoms with van der Waals surface area (Å²) < 4.78 is 0. The normalized spacial score (nSPS) is 11.2. The third-order valence-corrected chi connectivity index (χ3v) is 5.80. The number of aliphatic carboxylic acids is 1. The van der Waals surface area contributed by atoms with Gasteiger partial charge >= 0.3 is 12.0 Å². The van der Waals surface area contributed by atoms with Crippen molar-refractivity contribution in [1.29, 1.82) is 0 Å². The van der Waals surface area contributed by atoms with Gasteiger partial charge in [-0.05, 0) is 29.3 Å². The number of anilines is 1. The van der Waals surface area contributed by atoms with Crippen LogP contribution in [-0.2, 0) is 16.1 Å². The van der Waals surface area contributed by atoms with Gasteiger partial charge in [-0.1, -0.05) is 36.4 Å². The highest BCUT2D eigenvalue weighted by molar-refractivity contribution is 7.18. The Morgan fingerprint density at radius 1 is 0.971 bits per heavy atom. The van der Waals surface area contributed by atoms with Gasteiger partial charge in [0, 0.05) is 31.9 Å². The number of benzene rings is 1. The SMILES string of the molecule is O=C(O)CC(NC(=O)CCNC(=O)c1ccc(NC(=O)NCc2ccccc2)s1)c1cccnc1. The molecular weight excluding hydrogens is 470 g/mol. The Bertz CT molecular complexity index is 1150. The van der Waals surface area contributed by atoms with Crippen LogP contribution in [0.2, 0.25) is 0 Å². The Kier molecular flexibility index (Phi) is 9.31. The second-order valence-corrected chi connectivity index (χ2v) is 8.55. The maximum atomic E-state index is 12.4. The van der Waals surface area contributed by atoms with Gasteiger partial charge in [0.05, 0.1) is 22.3 Å². The Morgan fingerprint density at radius 2 is 1.77 bits per heavy atom. The summed E-state index contributed by atoms with van der Waals surface area (Å²) in [7, 11) is 0. The van der Waals surface area contributed by atoms with Crippen molar-refractivity contribution in [2.75, 3.05) is 11.9 Å². The Hall–Kier alpha value is -4.25. The second kappa shape index (κ2) is 12.8. The molecule has 0 bridgehead atoms. The molecule has 0 aliphatic rings. The Balaban J connectivity index is 1.42. The molecule has 0 aliphatic heterocycles. The van der Waals surface area contributed by atoms with E-state index in [0.29, 0.717) is 22.0 Å². The minimum atomic E-state index is -1.05. The first kappa shape index (κ1) is 25.4. The number of nitrogens with one attached hydrogen (secondary N) is 4. The lowest BCUT2D eigenvalue weighted by atomic mass is 10.1. The molecule has 10 nitrogen and oxygen atoms in total. The van der Waals surface area contributed by atoms with E-state index in [9.17, 15) is 19.2 Å². The highest BCUT2D eigenvalue weighted by Gasteiger charge is 2.18. The predicted molar refractivity (Wildman–Crippen MR) is 131 cm³/mol. The number of hydrogen-bond donors (Lipinski definition) is 5. The van der Waals surface area contributed by atoms with Gasteiger partial charge in [-0.15, -0.1) is 11.3 Å². The summed E-state index contributed by atoms with van der Waals surface area (Å²) in [6, 6.07) is 14.9. The molecule has 0 saturated heterocycles. The van der Waals surface area contributed by atoms with E-state index >= 15 is 0 Å². The number of rotatable bonds is 11. The summed E-state index contributed by atoms with van der Waals surface area (Å²) in [5.41, 5.74) is 1.55. The van der Waals surface area contributed by atoms with Crippen LogP contribution in [0.3, 0.4) is 0 Å². The highest BCUT2D eigenvalue weighted by atomic mass is 32.1. The van der Waals surface area contributed by atoms with Crippen molar-refractivity contribution in [3.8, 4) is 0 Å². The lowest BCUT2D eigenvalue weighted by Crippen LogP contribution is -2.33. The topological polar surface area (TPSA) is 150 Å². The van der Waals surface area contributed by atoms with Gasteiger partial charge in [0.2, 0.25) is 5.91 Å². The zero-order chi connectivity index (χ0) is 25.0. The maximum absolute atomic E-state index is 12.4. The largest absolute Gasteiger partial charge is 0.481 e. The number of nitrogens with zero attached hydrogens (tertiary/aromatic N) is 1. The standard InChI is InChI=1S/C24H25N5O5S/c30-20(28-18(13-22(31)32)17-7-4-11-25-15-17)10-12-26-23(33)19-8-9-21(35-19)29-24(34)27-14-16-5-2-1-3-6-16/h1-9,11,15,18H,10,12-14H2,(H,26,33)(H,28,30)(H,31,32)(H2,27,29,34). The average molecular weight is 496 g/mol. The molecule has 3 aromatic rings. The van der Waals surface area contributed by atoms with E-state index < -0.39 is 17.9 Å². The zero-order valence-corrected chi connectivity index (χ0v) is 19.5. The monoisotopic (exact) mass is 495 g/mol. The summed E-state index contributed by atoms with van der Waals surface area (Å²) in [5.74, 6) is -1.83. The van der Waals surface area contributed by atoms with Crippen molar-refractivity contribution in [1.82, 2.24) is 20.9 Å². The summed E-state index contributed by atoms with van der Waals surface area (Å²) in [4.78, 5) is 52.2. The van der Waals surface area contributed by atoms with Gasteiger partial charge in [0.15, 0.2) is 0 Å². The van der Waals surface area contributed by atoms with Crippen LogP contribution in [0.15, 0.2) is 67.0 Å². The van der Waals surface area contributed by atoms with Crippen LogP contribution in [0.25, 0.3) is 0 Å². The van der Waals surface area contributed by atoms with Gasteiger partial charge < -0.3 is 21.1 Å². The molecule has 35 heavy (non-hydrogen) atoms. The molecule has 2 heterocycles. The lowest BCUT2D eigenvalue weighted by molar-refractivity contribution is -0.137. The Labute approximate surface area is 205 Å². The van der Waals surface area contributed by atoms with Crippen molar-refractivity contribution in [2.45, 2.75) is 25.4 Å². The molecule has 0 spiro atoms. The molecule has 1 unspecified atom stereocenters. The first-order valence-electron chi connectivity index (χ1n) is 10.8. The first-order chi connectivity index (χ1) is 16.9. The molecule has 2 aromatic heterocycles. The van der Waals surface area contributed by atoms with Crippen LogP contribution in [0.1, 0.15) is 39.7 Å². The maximum Gasteiger partial charge on any atom is 0.320 e. The molecule has 1 atom stereocenters. The van der Waals surface area contributed by atoms with Crippen LogP contribution < -0.4 is 21.3 Å². The number of thiophene rings is 1. The fourth-order valence-corrected chi connectivity index (χ4v) is 3.93. The summed E-state index contributed by atoms with van der Waals surface area (Å²) >= 11 is 1.11. The molecular formula is C24H25N5O5S. The van der Waals surface area contributed by atoms with Gasteiger partial charge in [-0.3, -0.25) is 24.7 Å². The van der Waals surface area contributed by atoms with E-state index in [1.54, 1.807) is 30.5 Å². The number of hydrogen-bond acceptors (Lipinski definition) is 6. The van der Waals surface area contributed by atoms with E-state index in [0.717, 1.165) is 16.9 Å². The number of amides is 4. The smallest absolute Gasteiger partial charge is 0.320 e. The van der Waals surface area contributed by atoms with Crippen molar-refractivity contribution < 1.29 is 24.3 Å². The number of carboxylic acid groups (broad SMARTS) is 1. The van der Waals surface area contributed by atoms with Crippen LogP contribution in [0.4, 0.5) is 9.80 Å². The zero-order valence-electron chi connectivity index (χ0n) is 18.7. The molecule has 4 amide bonds. The van der Waals surface area contributed by atoms with Gasteiger partial charge in [0.25, 0.3) is 5.91 Å². The summed E-state index contributed by atoms with van der Waals surface area (Å²) in [5, 5.41) is 20.4. The van der Waals surface area contributed by atoms with Crippen molar-refractivity contribution in [3.63, 3.8) is 0 Å². The Morgan fingerprint density at radius 3 is 2.49 bits per heavy atom. The van der Waals surface area contributed by atoms with Gasteiger partial charge in [-0.25, -0.2) is 4.79 Å². The summed E-state index contributed by atoms with van der Waals surface area (Å²) in [6.07, 6.45) is 2.75. The van der Waals surface area contributed by atoms with Crippen molar-refractivity contribution in [2.24, 2.45) is 0 Å². The number of urea groups is 1. The van der Waals surface area contributed by atoms with Gasteiger partial charge in [0.1, 0.15) is 0 Å². The fraction of sp³-hybridized carbons (Fsp3) is 0.208. The van der Waals surface area contributed by atoms with Crippen molar-refractivity contribution >= 4 is 40.2 Å². The highest BCUT2D eigenvalue weighted by Crippen LogP contribution is 2.21. The van der Waals surface area contributed by atoms with E-state index in [2.05, 4.69) is 26.3 Å². The quantitative estimate of drug-likeness (QED) is 0.276. The van der Waals surface area contributed by atoms with E-state index in [1.807, 2.05) is 30.3 Å². The second-order valence-electron chi connectivity index (χ2n) is 7.47. The van der Waals surface area contributed by atoms with E-state index in [1.165, 1.54) is 6.20 Å². The number of carboxylic acids is 1. The van der Waals surface area contributed by atoms with Crippen LogP contribution in [0, 0.1) is 0 Å². The molecule has 0 aliphatic carbocycles. The minimum Gasteiger partial charge on any atom is -0.481 e. The fourth-order valence-electron chi connectivity index (χ4n) is 3.11. The molecule has 11 heteroatoms. The molecule has 5 N–H and O–H groups in total. The van der Waals surface area contributed by atoms with Crippen LogP contribution in [-0.4, -0.2) is 40.5 Å². The molecule has 0 radical (unpaired) electrons. The molecule has 1 aromatic carbocycles. The molecule has 182 valence electrons. The van der Waals surface area contributed by atoms with Gasteiger partial charge in [-0.2, -0.15) is 0 Å². The third-order valence-electron chi connectivity index (χ3n) is 4.80. The van der Waals surface area contributed by atoms with E-state index in [4.69, 9.17) is 5.11 Å². The lowest BCUT2D eigenvalue weighted by Gasteiger charge is -2.17. The number of pyridine rings is 1. The molecule has 0 saturated carbocycles. The van der Waals surface area contributed by atoms with Crippen molar-refractivity contribution in [3.05, 3.63) is 83.0 Å². The van der Waals surface area contributed by atoms with Crippen LogP contribution in [0.5, 0.6) is 0 Å². The number of carbonyl (C=O) groups is 4. The number of carbonyl (C=O) groups excluding carboxylic acids is 3. The first-order valence-corrected chi connectivity index (χ1v) is 11.6. The minimum absolute atomic E-state index is 0.0273. The molecule has 3 rings (SSSR count). The third kappa shape index (κ3) is 8.55. The summed E-state index contributed by atoms with van der Waals surface area (Å²) in [6.45, 7) is 0.442. The number of aromatic nitrogens is 1. The van der Waals surface area contributed by atoms with Crippen LogP contribution >= 0.6 is 11.3 Å². The van der Waals surface area contributed by atoms with E-state index in [-0.39, 0.29) is 31.3 Å². The average Bonchev–Trinajstić information content (AvgIpc) is 3.32.